The summed E-state index contributed by atoms with van der Waals surface area (Å²) in [5, 5.41) is 11.9. The van der Waals surface area contributed by atoms with Crippen LogP contribution in [0.3, 0.4) is 0 Å². The van der Waals surface area contributed by atoms with Crippen molar-refractivity contribution in [1.82, 2.24) is 25.2 Å². The largest absolute Gasteiger partial charge is 0.361 e. The Balaban J connectivity index is 0.921. The van der Waals surface area contributed by atoms with Gasteiger partial charge in [0.2, 0.25) is 5.91 Å². The molecule has 0 unspecified atom stereocenters. The van der Waals surface area contributed by atoms with Crippen molar-refractivity contribution < 1.29 is 9.32 Å². The van der Waals surface area contributed by atoms with Crippen molar-refractivity contribution >= 4 is 5.91 Å². The number of carbonyl (C=O) groups excluding carboxylic acids is 1. The van der Waals surface area contributed by atoms with E-state index in [-0.39, 0.29) is 5.91 Å². The number of piperidine rings is 1. The molecule has 7 nitrogen and oxygen atoms in total. The highest BCUT2D eigenvalue weighted by molar-refractivity contribution is 5.78. The predicted molar refractivity (Wildman–Crippen MR) is 120 cm³/mol. The molecule has 1 N–H and O–H groups in total. The summed E-state index contributed by atoms with van der Waals surface area (Å²) in [5.74, 6) is 3.48. The van der Waals surface area contributed by atoms with Crippen molar-refractivity contribution in [2.75, 3.05) is 19.6 Å². The van der Waals surface area contributed by atoms with Crippen LogP contribution in [0, 0.1) is 11.8 Å². The highest BCUT2D eigenvalue weighted by Crippen LogP contribution is 2.59. The normalized spacial score (nSPS) is 32.1. The van der Waals surface area contributed by atoms with Gasteiger partial charge in [-0.25, -0.2) is 0 Å². The van der Waals surface area contributed by atoms with Crippen molar-refractivity contribution in [2.45, 2.75) is 75.2 Å². The zero-order valence-corrected chi connectivity index (χ0v) is 19.1. The number of nitrogens with zero attached hydrogens (tertiary/aromatic N) is 4. The summed E-state index contributed by atoms with van der Waals surface area (Å²) >= 11 is 0. The molecule has 0 bridgehead atoms. The molecule has 0 spiro atoms. The van der Waals surface area contributed by atoms with E-state index in [1.54, 1.807) is 10.9 Å². The molecule has 172 valence electrons. The fourth-order valence-electron chi connectivity index (χ4n) is 6.23. The number of likely N-dealkylation sites (tertiary alicyclic amines) is 1. The van der Waals surface area contributed by atoms with Gasteiger partial charge in [-0.3, -0.25) is 9.48 Å². The molecule has 1 aliphatic heterocycles. The number of rotatable bonds is 8. The van der Waals surface area contributed by atoms with Gasteiger partial charge in [-0.1, -0.05) is 5.16 Å². The zero-order chi connectivity index (χ0) is 21.7. The SMILES string of the molecule is Cn1cc(CC(=O)N[C@H]2CC[C@H](CCN3C[C@@H]4C[C@]4(c4cc(C5CC5)on4)C3)CC2)cn1. The molecular weight excluding hydrogens is 402 g/mol. The van der Waals surface area contributed by atoms with Crippen LogP contribution < -0.4 is 5.32 Å². The Labute approximate surface area is 189 Å². The van der Waals surface area contributed by atoms with Crippen molar-refractivity contribution in [1.29, 1.82) is 0 Å². The van der Waals surface area contributed by atoms with Gasteiger partial charge in [-0.05, 0) is 75.3 Å². The molecule has 3 heterocycles. The molecule has 4 fully saturated rings. The maximum absolute atomic E-state index is 12.3. The number of fused-ring (bicyclic) bond motifs is 1. The molecule has 32 heavy (non-hydrogen) atoms. The Morgan fingerprint density at radius 1 is 1.25 bits per heavy atom. The lowest BCUT2D eigenvalue weighted by Crippen LogP contribution is -2.39. The van der Waals surface area contributed by atoms with Gasteiger partial charge in [-0.15, -0.1) is 0 Å². The molecule has 4 aliphatic rings. The first-order valence-corrected chi connectivity index (χ1v) is 12.5. The molecule has 0 radical (unpaired) electrons. The smallest absolute Gasteiger partial charge is 0.224 e. The fraction of sp³-hybridized carbons (Fsp3) is 0.720. The number of amides is 1. The van der Waals surface area contributed by atoms with Crippen LogP contribution >= 0.6 is 0 Å². The summed E-state index contributed by atoms with van der Waals surface area (Å²) in [4.78, 5) is 15.0. The van der Waals surface area contributed by atoms with Gasteiger partial charge in [0, 0.05) is 49.8 Å². The van der Waals surface area contributed by atoms with Crippen LogP contribution in [0.25, 0.3) is 0 Å². The Bertz CT molecular complexity index is 971. The van der Waals surface area contributed by atoms with Crippen molar-refractivity contribution in [2.24, 2.45) is 18.9 Å². The number of carbonyl (C=O) groups is 1. The maximum Gasteiger partial charge on any atom is 0.224 e. The second-order valence-corrected chi connectivity index (χ2v) is 11.0. The van der Waals surface area contributed by atoms with Crippen LogP contribution in [0.2, 0.25) is 0 Å². The Morgan fingerprint density at radius 2 is 2.09 bits per heavy atom. The van der Waals surface area contributed by atoms with Crippen molar-refractivity contribution in [3.8, 4) is 0 Å². The molecule has 2 aromatic rings. The van der Waals surface area contributed by atoms with E-state index >= 15 is 0 Å². The molecule has 1 amide bonds. The lowest BCUT2D eigenvalue weighted by Gasteiger charge is -2.30. The first-order valence-electron chi connectivity index (χ1n) is 12.5. The van der Waals surface area contributed by atoms with Crippen LogP contribution in [0.4, 0.5) is 0 Å². The van der Waals surface area contributed by atoms with E-state index in [2.05, 4.69) is 26.5 Å². The topological polar surface area (TPSA) is 76.2 Å². The number of aromatic nitrogens is 3. The van der Waals surface area contributed by atoms with E-state index in [0.717, 1.165) is 42.5 Å². The highest BCUT2D eigenvalue weighted by Gasteiger charge is 2.62. The fourth-order valence-corrected chi connectivity index (χ4v) is 6.23. The second kappa shape index (κ2) is 8.01. The molecule has 1 saturated heterocycles. The summed E-state index contributed by atoms with van der Waals surface area (Å²) < 4.78 is 7.40. The Morgan fingerprint density at radius 3 is 2.84 bits per heavy atom. The van der Waals surface area contributed by atoms with Gasteiger partial charge in [0.1, 0.15) is 5.76 Å². The Hall–Kier alpha value is -2.15. The minimum atomic E-state index is 0.126. The molecule has 0 aromatic carbocycles. The van der Waals surface area contributed by atoms with E-state index < -0.39 is 0 Å². The summed E-state index contributed by atoms with van der Waals surface area (Å²) in [6, 6.07) is 2.61. The Kier molecular flexibility index (Phi) is 5.12. The average Bonchev–Trinajstić information content (AvgIpc) is 3.59. The summed E-state index contributed by atoms with van der Waals surface area (Å²) in [5.41, 5.74) is 2.51. The van der Waals surface area contributed by atoms with Crippen LogP contribution in [-0.2, 0) is 23.7 Å². The summed E-state index contributed by atoms with van der Waals surface area (Å²) in [6.07, 6.45) is 13.9. The molecule has 3 aliphatic carbocycles. The van der Waals surface area contributed by atoms with Crippen LogP contribution in [0.5, 0.6) is 0 Å². The molecular formula is C25H35N5O2. The summed E-state index contributed by atoms with van der Waals surface area (Å²) in [6.45, 7) is 3.59. The first-order chi connectivity index (χ1) is 15.6. The van der Waals surface area contributed by atoms with E-state index in [1.165, 1.54) is 57.3 Å². The molecule has 6 rings (SSSR count). The van der Waals surface area contributed by atoms with Gasteiger partial charge < -0.3 is 14.7 Å². The van der Waals surface area contributed by atoms with Gasteiger partial charge >= 0.3 is 0 Å². The second-order valence-electron chi connectivity index (χ2n) is 11.0. The third kappa shape index (κ3) is 4.12. The minimum Gasteiger partial charge on any atom is -0.361 e. The van der Waals surface area contributed by atoms with E-state index in [0.29, 0.717) is 23.8 Å². The third-order valence-corrected chi connectivity index (χ3v) is 8.42. The minimum absolute atomic E-state index is 0.126. The van der Waals surface area contributed by atoms with Crippen LogP contribution in [0.15, 0.2) is 23.0 Å². The molecule has 2 aromatic heterocycles. The highest BCUT2D eigenvalue weighted by atomic mass is 16.5. The number of nitrogens with one attached hydrogen (secondary N) is 1. The predicted octanol–water partition coefficient (Wildman–Crippen LogP) is 3.17. The quantitative estimate of drug-likeness (QED) is 0.687. The molecule has 2 atom stereocenters. The standard InChI is InChI=1S/C25H35N5O2/c1-29-14-18(13-26-29)10-24(31)27-21-6-2-17(3-7-21)8-9-30-15-20-12-25(20,16-30)23-11-22(32-28-23)19-4-5-19/h11,13-14,17,19-21H,2-10,12,15-16H2,1H3,(H,27,31)/t17-,20-,21-,25-/m0/s1. The van der Waals surface area contributed by atoms with Crippen molar-refractivity contribution in [3.05, 3.63) is 35.5 Å². The van der Waals surface area contributed by atoms with Gasteiger partial charge in [0.25, 0.3) is 0 Å². The monoisotopic (exact) mass is 437 g/mol. The number of hydrogen-bond donors (Lipinski definition) is 1. The number of hydrogen-bond acceptors (Lipinski definition) is 5. The lowest BCUT2D eigenvalue weighted by atomic mass is 9.84. The number of aryl methyl sites for hydroxylation is 1. The van der Waals surface area contributed by atoms with Gasteiger partial charge in [-0.2, -0.15) is 5.10 Å². The van der Waals surface area contributed by atoms with Gasteiger partial charge in [0.05, 0.1) is 18.3 Å². The maximum atomic E-state index is 12.3. The van der Waals surface area contributed by atoms with E-state index in [1.807, 2.05) is 13.2 Å². The molecule has 3 saturated carbocycles. The van der Waals surface area contributed by atoms with Crippen LogP contribution in [0.1, 0.15) is 74.3 Å². The summed E-state index contributed by atoms with van der Waals surface area (Å²) in [7, 11) is 1.88. The first kappa shape index (κ1) is 20.5. The van der Waals surface area contributed by atoms with Gasteiger partial charge in [0.15, 0.2) is 0 Å². The van der Waals surface area contributed by atoms with Crippen molar-refractivity contribution in [3.63, 3.8) is 0 Å². The zero-order valence-electron chi connectivity index (χ0n) is 19.1. The lowest BCUT2D eigenvalue weighted by molar-refractivity contribution is -0.121. The third-order valence-electron chi connectivity index (χ3n) is 8.42. The van der Waals surface area contributed by atoms with E-state index in [4.69, 9.17) is 4.52 Å². The molecule has 7 heteroatoms. The average molecular weight is 438 g/mol. The van der Waals surface area contributed by atoms with Crippen LogP contribution in [-0.4, -0.2) is 51.4 Å². The van der Waals surface area contributed by atoms with E-state index in [9.17, 15) is 4.79 Å².